The van der Waals surface area contributed by atoms with Crippen molar-refractivity contribution in [2.75, 3.05) is 5.75 Å². The standard InChI is InChI=1S/C10H14OS/c1-8-6-9-4-2-3-5-10(9)12(11)7-8/h3,5,8H,2,4,6-7H2,1H3. The molecule has 2 aliphatic rings. The van der Waals surface area contributed by atoms with E-state index in [2.05, 4.69) is 19.1 Å². The summed E-state index contributed by atoms with van der Waals surface area (Å²) in [6.45, 7) is 2.19. The fourth-order valence-corrected chi connectivity index (χ4v) is 3.53. The van der Waals surface area contributed by atoms with Crippen LogP contribution in [0.15, 0.2) is 22.6 Å². The first kappa shape index (κ1) is 8.24. The highest BCUT2D eigenvalue weighted by Crippen LogP contribution is 2.32. The van der Waals surface area contributed by atoms with Crippen molar-refractivity contribution < 1.29 is 4.21 Å². The summed E-state index contributed by atoms with van der Waals surface area (Å²) in [6, 6.07) is 0. The largest absolute Gasteiger partial charge is 0.254 e. The highest BCUT2D eigenvalue weighted by Gasteiger charge is 2.23. The third-order valence-corrected chi connectivity index (χ3v) is 4.29. The number of hydrogen-bond donors (Lipinski definition) is 0. The van der Waals surface area contributed by atoms with Gasteiger partial charge in [0.25, 0.3) is 0 Å². The van der Waals surface area contributed by atoms with Gasteiger partial charge in [-0.15, -0.1) is 0 Å². The lowest BCUT2D eigenvalue weighted by Gasteiger charge is -2.24. The second-order valence-corrected chi connectivity index (χ2v) is 5.19. The van der Waals surface area contributed by atoms with Gasteiger partial charge in [0.15, 0.2) is 0 Å². The molecule has 12 heavy (non-hydrogen) atoms. The van der Waals surface area contributed by atoms with Crippen molar-refractivity contribution in [2.24, 2.45) is 5.92 Å². The van der Waals surface area contributed by atoms with Gasteiger partial charge in [0, 0.05) is 10.7 Å². The van der Waals surface area contributed by atoms with Gasteiger partial charge in [-0.2, -0.15) is 0 Å². The van der Waals surface area contributed by atoms with E-state index in [0.29, 0.717) is 5.92 Å². The van der Waals surface area contributed by atoms with Crippen LogP contribution >= 0.6 is 0 Å². The molecule has 0 aromatic rings. The molecule has 0 N–H and O–H groups in total. The van der Waals surface area contributed by atoms with Crippen LogP contribution in [-0.4, -0.2) is 9.96 Å². The van der Waals surface area contributed by atoms with E-state index in [1.165, 1.54) is 12.0 Å². The Kier molecular flexibility index (Phi) is 2.18. The average molecular weight is 182 g/mol. The van der Waals surface area contributed by atoms with Crippen molar-refractivity contribution in [3.8, 4) is 0 Å². The van der Waals surface area contributed by atoms with Crippen LogP contribution in [0.25, 0.3) is 0 Å². The van der Waals surface area contributed by atoms with E-state index in [-0.39, 0.29) is 0 Å². The summed E-state index contributed by atoms with van der Waals surface area (Å²) in [4.78, 5) is 1.14. The van der Waals surface area contributed by atoms with Crippen LogP contribution in [0.1, 0.15) is 26.2 Å². The van der Waals surface area contributed by atoms with Crippen molar-refractivity contribution in [1.29, 1.82) is 0 Å². The average Bonchev–Trinajstić information content (AvgIpc) is 2.04. The molecule has 2 rings (SSSR count). The first-order valence-corrected chi connectivity index (χ1v) is 5.86. The minimum absolute atomic E-state index is 0.621. The molecule has 0 aromatic heterocycles. The van der Waals surface area contributed by atoms with E-state index in [1.807, 2.05) is 0 Å². The summed E-state index contributed by atoms with van der Waals surface area (Å²) in [6.07, 6.45) is 7.67. The second kappa shape index (κ2) is 3.17. The lowest BCUT2D eigenvalue weighted by Crippen LogP contribution is -2.18. The van der Waals surface area contributed by atoms with Crippen molar-refractivity contribution >= 4 is 10.8 Å². The summed E-state index contributed by atoms with van der Waals surface area (Å²) >= 11 is 0. The smallest absolute Gasteiger partial charge is 0.0531 e. The molecule has 0 radical (unpaired) electrons. The van der Waals surface area contributed by atoms with Crippen LogP contribution in [-0.2, 0) is 10.8 Å². The molecule has 1 nitrogen and oxygen atoms in total. The van der Waals surface area contributed by atoms with Crippen molar-refractivity contribution in [2.45, 2.75) is 26.2 Å². The molecule has 0 bridgehead atoms. The molecular formula is C10H14OS. The molecule has 2 heteroatoms. The van der Waals surface area contributed by atoms with Gasteiger partial charge in [-0.1, -0.05) is 24.6 Å². The van der Waals surface area contributed by atoms with Gasteiger partial charge >= 0.3 is 0 Å². The molecule has 0 saturated heterocycles. The maximum atomic E-state index is 11.6. The topological polar surface area (TPSA) is 17.1 Å². The summed E-state index contributed by atoms with van der Waals surface area (Å²) in [5.41, 5.74) is 1.45. The van der Waals surface area contributed by atoms with Gasteiger partial charge in [-0.25, -0.2) is 0 Å². The Labute approximate surface area is 76.0 Å². The first-order chi connectivity index (χ1) is 5.77. The van der Waals surface area contributed by atoms with Crippen LogP contribution in [0, 0.1) is 5.92 Å². The Morgan fingerprint density at radius 3 is 3.25 bits per heavy atom. The van der Waals surface area contributed by atoms with Gasteiger partial charge in [-0.3, -0.25) is 4.21 Å². The molecule has 2 unspecified atom stereocenters. The highest BCUT2D eigenvalue weighted by molar-refractivity contribution is 7.89. The Morgan fingerprint density at radius 1 is 1.58 bits per heavy atom. The zero-order valence-electron chi connectivity index (χ0n) is 7.38. The molecule has 0 saturated carbocycles. The predicted molar refractivity (Wildman–Crippen MR) is 52.2 cm³/mol. The van der Waals surface area contributed by atoms with Gasteiger partial charge in [0.05, 0.1) is 10.8 Å². The van der Waals surface area contributed by atoms with E-state index < -0.39 is 10.8 Å². The van der Waals surface area contributed by atoms with Crippen LogP contribution < -0.4 is 0 Å². The van der Waals surface area contributed by atoms with Crippen LogP contribution in [0.4, 0.5) is 0 Å². The molecule has 66 valence electrons. The Bertz CT molecular complexity index is 276. The number of hydrogen-bond acceptors (Lipinski definition) is 1. The van der Waals surface area contributed by atoms with Crippen molar-refractivity contribution in [3.63, 3.8) is 0 Å². The maximum Gasteiger partial charge on any atom is 0.0531 e. The molecular weight excluding hydrogens is 168 g/mol. The molecule has 1 aliphatic heterocycles. The lowest BCUT2D eigenvalue weighted by atomic mass is 9.95. The fraction of sp³-hybridized carbons (Fsp3) is 0.600. The molecule has 1 aliphatic carbocycles. The molecule has 0 fully saturated rings. The van der Waals surface area contributed by atoms with Gasteiger partial charge < -0.3 is 0 Å². The van der Waals surface area contributed by atoms with Gasteiger partial charge in [-0.05, 0) is 25.2 Å². The Hall–Kier alpha value is -0.370. The minimum Gasteiger partial charge on any atom is -0.254 e. The molecule has 0 amide bonds. The van der Waals surface area contributed by atoms with Gasteiger partial charge in [0.1, 0.15) is 0 Å². The zero-order chi connectivity index (χ0) is 8.55. The van der Waals surface area contributed by atoms with Gasteiger partial charge in [0.2, 0.25) is 0 Å². The van der Waals surface area contributed by atoms with Crippen LogP contribution in [0.3, 0.4) is 0 Å². The van der Waals surface area contributed by atoms with E-state index in [9.17, 15) is 4.21 Å². The van der Waals surface area contributed by atoms with Crippen molar-refractivity contribution in [3.05, 3.63) is 22.6 Å². The van der Waals surface area contributed by atoms with Crippen LogP contribution in [0.2, 0.25) is 0 Å². The summed E-state index contributed by atoms with van der Waals surface area (Å²) in [5, 5.41) is 0. The molecule has 2 atom stereocenters. The summed E-state index contributed by atoms with van der Waals surface area (Å²) < 4.78 is 11.6. The Balaban J connectivity index is 2.33. The Morgan fingerprint density at radius 2 is 2.42 bits per heavy atom. The maximum absolute atomic E-state index is 11.6. The monoisotopic (exact) mass is 182 g/mol. The quantitative estimate of drug-likeness (QED) is 0.562. The fourth-order valence-electron chi connectivity index (χ4n) is 1.96. The van der Waals surface area contributed by atoms with E-state index in [4.69, 9.17) is 0 Å². The summed E-state index contributed by atoms with van der Waals surface area (Å²) in [5.74, 6) is 1.49. The number of allylic oxidation sites excluding steroid dienone is 3. The van der Waals surface area contributed by atoms with E-state index >= 15 is 0 Å². The SMILES string of the molecule is CC1CC2=C(C=CCC2)S(=O)C1. The first-order valence-electron chi connectivity index (χ1n) is 4.54. The zero-order valence-corrected chi connectivity index (χ0v) is 8.19. The minimum atomic E-state index is -0.694. The molecule has 0 aromatic carbocycles. The highest BCUT2D eigenvalue weighted by atomic mass is 32.2. The van der Waals surface area contributed by atoms with Crippen LogP contribution in [0.5, 0.6) is 0 Å². The molecule has 0 spiro atoms. The second-order valence-electron chi connectivity index (χ2n) is 3.73. The predicted octanol–water partition coefficient (Wildman–Crippen LogP) is 2.38. The third-order valence-electron chi connectivity index (χ3n) is 2.51. The lowest BCUT2D eigenvalue weighted by molar-refractivity contribution is 0.603. The number of rotatable bonds is 0. The molecule has 1 heterocycles. The van der Waals surface area contributed by atoms with E-state index in [0.717, 1.165) is 23.5 Å². The summed E-state index contributed by atoms with van der Waals surface area (Å²) in [7, 11) is -0.694. The third kappa shape index (κ3) is 1.40. The van der Waals surface area contributed by atoms with E-state index in [1.54, 1.807) is 0 Å². The van der Waals surface area contributed by atoms with Crippen molar-refractivity contribution in [1.82, 2.24) is 0 Å². The normalized spacial score (nSPS) is 35.1.